The van der Waals surface area contributed by atoms with Gasteiger partial charge in [-0.15, -0.1) is 0 Å². The molecule has 1 aromatic carbocycles. The number of hydrogen-bond donors (Lipinski definition) is 1. The average molecular weight is 574 g/mol. The second-order valence-electron chi connectivity index (χ2n) is 9.07. The number of nitrogens with one attached hydrogen (secondary N) is 1. The Bertz CT molecular complexity index is 1360. The van der Waals surface area contributed by atoms with Gasteiger partial charge in [-0.1, -0.05) is 6.07 Å². The average Bonchev–Trinajstić information content (AvgIpc) is 3.58. The third-order valence-electron chi connectivity index (χ3n) is 6.37. The fourth-order valence-electron chi connectivity index (χ4n) is 4.63. The molecule has 0 saturated carbocycles. The van der Waals surface area contributed by atoms with Gasteiger partial charge in [-0.3, -0.25) is 19.1 Å². The predicted molar refractivity (Wildman–Crippen MR) is 135 cm³/mol. The maximum atomic E-state index is 14.4. The molecular formula is C25H25BrFN5O5. The molecule has 1 unspecified atom stereocenters. The number of carbonyl (C=O) groups excluding carboxylic acids is 3. The summed E-state index contributed by atoms with van der Waals surface area (Å²) in [6.45, 7) is 2.08. The van der Waals surface area contributed by atoms with Gasteiger partial charge in [0.1, 0.15) is 46.7 Å². The number of ether oxygens (including phenoxy) is 2. The van der Waals surface area contributed by atoms with Crippen LogP contribution in [0.25, 0.3) is 10.9 Å². The lowest BCUT2D eigenvalue weighted by atomic mass is 10.1. The van der Waals surface area contributed by atoms with Gasteiger partial charge < -0.3 is 19.7 Å². The molecule has 12 heteroatoms. The zero-order valence-corrected chi connectivity index (χ0v) is 21.6. The molecule has 2 amide bonds. The van der Waals surface area contributed by atoms with E-state index >= 15 is 0 Å². The van der Waals surface area contributed by atoms with Crippen molar-refractivity contribution in [3.8, 4) is 5.75 Å². The van der Waals surface area contributed by atoms with E-state index in [0.717, 1.165) is 6.42 Å². The maximum Gasteiger partial charge on any atom is 0.248 e. The SMILES string of the molecule is CC(=O)c1nn(CC(=O)N2C[C@H](F)C[C@H]2C(=O)Nc2cccc(Br)n2)c2ccc(OC3CCOC3)cc12. The van der Waals surface area contributed by atoms with Crippen LogP contribution in [0.4, 0.5) is 10.2 Å². The molecule has 4 heterocycles. The Morgan fingerprint density at radius 2 is 2.11 bits per heavy atom. The van der Waals surface area contributed by atoms with Crippen molar-refractivity contribution in [2.75, 3.05) is 25.1 Å². The van der Waals surface area contributed by atoms with Crippen LogP contribution in [-0.4, -0.2) is 75.3 Å². The number of halogens is 2. The van der Waals surface area contributed by atoms with Gasteiger partial charge in [0.15, 0.2) is 5.78 Å². The van der Waals surface area contributed by atoms with Gasteiger partial charge in [-0.25, -0.2) is 9.37 Å². The highest BCUT2D eigenvalue weighted by molar-refractivity contribution is 9.10. The fourth-order valence-corrected chi connectivity index (χ4v) is 4.97. The molecule has 0 spiro atoms. The molecule has 0 aliphatic carbocycles. The smallest absolute Gasteiger partial charge is 0.248 e. The van der Waals surface area contributed by atoms with Crippen LogP contribution in [0.5, 0.6) is 5.75 Å². The number of nitrogens with zero attached hydrogens (tertiary/aromatic N) is 4. The van der Waals surface area contributed by atoms with Gasteiger partial charge in [0, 0.05) is 25.2 Å². The number of likely N-dealkylation sites (tertiary alicyclic amines) is 1. The maximum absolute atomic E-state index is 14.4. The van der Waals surface area contributed by atoms with E-state index in [9.17, 15) is 18.8 Å². The van der Waals surface area contributed by atoms with E-state index in [1.165, 1.54) is 16.5 Å². The summed E-state index contributed by atoms with van der Waals surface area (Å²) in [4.78, 5) is 43.9. The molecule has 37 heavy (non-hydrogen) atoms. The second kappa shape index (κ2) is 10.5. The number of aromatic nitrogens is 3. The first-order chi connectivity index (χ1) is 17.8. The quantitative estimate of drug-likeness (QED) is 0.341. The van der Waals surface area contributed by atoms with Gasteiger partial charge in [-0.05, 0) is 46.3 Å². The van der Waals surface area contributed by atoms with Crippen LogP contribution < -0.4 is 10.1 Å². The number of hydrogen-bond acceptors (Lipinski definition) is 7. The van der Waals surface area contributed by atoms with Crippen LogP contribution in [-0.2, 0) is 20.9 Å². The molecule has 0 bridgehead atoms. The fraction of sp³-hybridized carbons (Fsp3) is 0.400. The summed E-state index contributed by atoms with van der Waals surface area (Å²) in [7, 11) is 0. The Balaban J connectivity index is 1.36. The molecule has 2 aromatic heterocycles. The van der Waals surface area contributed by atoms with Crippen molar-refractivity contribution in [3.05, 3.63) is 46.7 Å². The molecule has 194 valence electrons. The van der Waals surface area contributed by atoms with E-state index in [1.54, 1.807) is 36.4 Å². The van der Waals surface area contributed by atoms with Crippen molar-refractivity contribution in [2.45, 2.75) is 44.6 Å². The summed E-state index contributed by atoms with van der Waals surface area (Å²) in [5, 5.41) is 7.57. The Hall–Kier alpha value is -3.38. The molecule has 2 fully saturated rings. The molecule has 10 nitrogen and oxygen atoms in total. The summed E-state index contributed by atoms with van der Waals surface area (Å²) < 4.78 is 27.6. The van der Waals surface area contributed by atoms with Gasteiger partial charge in [0.25, 0.3) is 0 Å². The number of Topliss-reactive ketones (excluding diaryl/α,β-unsaturated/α-hetero) is 1. The van der Waals surface area contributed by atoms with Crippen LogP contribution in [0.1, 0.15) is 30.3 Å². The summed E-state index contributed by atoms with van der Waals surface area (Å²) in [6, 6.07) is 9.24. The minimum atomic E-state index is -1.34. The third-order valence-corrected chi connectivity index (χ3v) is 6.81. The molecule has 1 N–H and O–H groups in total. The van der Waals surface area contributed by atoms with E-state index in [-0.39, 0.29) is 37.1 Å². The van der Waals surface area contributed by atoms with Gasteiger partial charge >= 0.3 is 0 Å². The first kappa shape index (κ1) is 25.3. The lowest BCUT2D eigenvalue weighted by molar-refractivity contribution is -0.137. The Morgan fingerprint density at radius 1 is 1.27 bits per heavy atom. The molecule has 0 radical (unpaired) electrons. The molecule has 3 aromatic rings. The Morgan fingerprint density at radius 3 is 2.84 bits per heavy atom. The number of amides is 2. The standard InChI is InChI=1S/C25H25BrFN5O5/c1-14(33)24-18-10-16(37-17-7-8-36-13-17)5-6-19(18)32(30-24)12-23(34)31-11-15(27)9-20(31)25(35)29-22-4-2-3-21(26)28-22/h2-6,10,15,17,20H,7-9,11-13H2,1H3,(H,28,29,35)/t15-,17?,20+/m1/s1. The number of anilines is 1. The summed E-state index contributed by atoms with van der Waals surface area (Å²) >= 11 is 3.24. The largest absolute Gasteiger partial charge is 0.488 e. The number of ketones is 1. The summed E-state index contributed by atoms with van der Waals surface area (Å²) in [6.07, 6.45) is -0.732. The number of carbonyl (C=O) groups is 3. The Kier molecular flexibility index (Phi) is 7.20. The van der Waals surface area contributed by atoms with E-state index in [0.29, 0.717) is 40.3 Å². The van der Waals surface area contributed by atoms with E-state index in [1.807, 2.05) is 0 Å². The zero-order chi connectivity index (χ0) is 26.1. The lowest BCUT2D eigenvalue weighted by Gasteiger charge is -2.23. The minimum absolute atomic E-state index is 0.0612. The number of benzene rings is 1. The monoisotopic (exact) mass is 573 g/mol. The van der Waals surface area contributed by atoms with E-state index in [4.69, 9.17) is 9.47 Å². The number of pyridine rings is 1. The van der Waals surface area contributed by atoms with Crippen molar-refractivity contribution in [1.82, 2.24) is 19.7 Å². The van der Waals surface area contributed by atoms with Gasteiger partial charge in [0.05, 0.1) is 25.3 Å². The first-order valence-electron chi connectivity index (χ1n) is 11.9. The topological polar surface area (TPSA) is 116 Å². The van der Waals surface area contributed by atoms with Crippen molar-refractivity contribution >= 4 is 50.2 Å². The van der Waals surface area contributed by atoms with E-state index in [2.05, 4.69) is 31.3 Å². The molecule has 5 rings (SSSR count). The molecule has 2 aliphatic heterocycles. The first-order valence-corrected chi connectivity index (χ1v) is 12.7. The molecule has 2 saturated heterocycles. The molecule has 2 aliphatic rings. The van der Waals surface area contributed by atoms with Crippen LogP contribution in [0.3, 0.4) is 0 Å². The van der Waals surface area contributed by atoms with Crippen LogP contribution >= 0.6 is 15.9 Å². The number of fused-ring (bicyclic) bond motifs is 1. The van der Waals surface area contributed by atoms with Crippen LogP contribution in [0.15, 0.2) is 41.0 Å². The van der Waals surface area contributed by atoms with Gasteiger partial charge in [0.2, 0.25) is 11.8 Å². The van der Waals surface area contributed by atoms with Crippen molar-refractivity contribution in [2.24, 2.45) is 0 Å². The summed E-state index contributed by atoms with van der Waals surface area (Å²) in [5.74, 6) is -0.396. The van der Waals surface area contributed by atoms with Crippen molar-refractivity contribution in [3.63, 3.8) is 0 Å². The predicted octanol–water partition coefficient (Wildman–Crippen LogP) is 3.14. The lowest BCUT2D eigenvalue weighted by Crippen LogP contribution is -2.44. The molecule has 3 atom stereocenters. The number of rotatable bonds is 7. The minimum Gasteiger partial charge on any atom is -0.488 e. The van der Waals surface area contributed by atoms with Crippen LogP contribution in [0.2, 0.25) is 0 Å². The second-order valence-corrected chi connectivity index (χ2v) is 9.89. The van der Waals surface area contributed by atoms with E-state index < -0.39 is 24.0 Å². The highest BCUT2D eigenvalue weighted by atomic mass is 79.9. The van der Waals surface area contributed by atoms with Crippen LogP contribution in [0, 0.1) is 0 Å². The normalized spacial score (nSPS) is 21.4. The third kappa shape index (κ3) is 5.49. The van der Waals surface area contributed by atoms with Crippen molar-refractivity contribution in [1.29, 1.82) is 0 Å². The highest BCUT2D eigenvalue weighted by Gasteiger charge is 2.40. The highest BCUT2D eigenvalue weighted by Crippen LogP contribution is 2.28. The van der Waals surface area contributed by atoms with Gasteiger partial charge in [-0.2, -0.15) is 5.10 Å². The number of alkyl halides is 1. The zero-order valence-electron chi connectivity index (χ0n) is 20.0. The van der Waals surface area contributed by atoms with Crippen molar-refractivity contribution < 1.29 is 28.2 Å². The summed E-state index contributed by atoms with van der Waals surface area (Å²) in [5.41, 5.74) is 0.764. The molecular weight excluding hydrogens is 549 g/mol. The Labute approximate surface area is 220 Å².